The van der Waals surface area contributed by atoms with Crippen molar-refractivity contribution in [3.05, 3.63) is 28.2 Å². The van der Waals surface area contributed by atoms with Crippen LogP contribution in [-0.2, 0) is 21.3 Å². The van der Waals surface area contributed by atoms with E-state index in [9.17, 15) is 8.42 Å². The Bertz CT molecular complexity index is 590. The second-order valence-electron chi connectivity index (χ2n) is 5.30. The number of benzene rings is 1. The molecule has 0 aromatic heterocycles. The summed E-state index contributed by atoms with van der Waals surface area (Å²) < 4.78 is 32.8. The summed E-state index contributed by atoms with van der Waals surface area (Å²) in [5.41, 5.74) is 6.48. The van der Waals surface area contributed by atoms with Gasteiger partial charge in [0.1, 0.15) is 0 Å². The van der Waals surface area contributed by atoms with Gasteiger partial charge in [-0.1, -0.05) is 6.07 Å². The average Bonchev–Trinajstić information content (AvgIpc) is 2.47. The smallest absolute Gasteiger partial charge is 0.244 e. The van der Waals surface area contributed by atoms with Gasteiger partial charge in [0.15, 0.2) is 0 Å². The fourth-order valence-corrected chi connectivity index (χ4v) is 5.28. The van der Waals surface area contributed by atoms with Crippen LogP contribution in [-0.4, -0.2) is 39.5 Å². The first-order chi connectivity index (χ1) is 9.98. The van der Waals surface area contributed by atoms with Gasteiger partial charge in [-0.05, 0) is 52.4 Å². The molecule has 1 heterocycles. The highest BCUT2D eigenvalue weighted by molar-refractivity contribution is 9.10. The first kappa shape index (κ1) is 16.9. The average molecular weight is 377 g/mol. The second kappa shape index (κ2) is 7.19. The Labute approximate surface area is 134 Å². The highest BCUT2D eigenvalue weighted by atomic mass is 79.9. The van der Waals surface area contributed by atoms with Crippen LogP contribution in [0.3, 0.4) is 0 Å². The van der Waals surface area contributed by atoms with Crippen molar-refractivity contribution in [1.29, 1.82) is 0 Å². The molecule has 1 aromatic carbocycles. The maximum absolute atomic E-state index is 12.8. The number of ether oxygens (including phenoxy) is 1. The normalized spacial score (nSPS) is 20.6. The molecule has 2 N–H and O–H groups in total. The molecule has 0 saturated carbocycles. The van der Waals surface area contributed by atoms with Crippen LogP contribution < -0.4 is 5.73 Å². The minimum Gasteiger partial charge on any atom is -0.384 e. The van der Waals surface area contributed by atoms with E-state index >= 15 is 0 Å². The lowest BCUT2D eigenvalue weighted by Crippen LogP contribution is -2.41. The summed E-state index contributed by atoms with van der Waals surface area (Å²) >= 11 is 3.35. The molecule has 0 aliphatic carbocycles. The van der Waals surface area contributed by atoms with Gasteiger partial charge in [-0.25, -0.2) is 8.42 Å². The number of methoxy groups -OCH3 is 1. The number of sulfonamides is 1. The Morgan fingerprint density at radius 2 is 2.24 bits per heavy atom. The summed E-state index contributed by atoms with van der Waals surface area (Å²) in [5, 5.41) is 0. The predicted molar refractivity (Wildman–Crippen MR) is 85.4 cm³/mol. The summed E-state index contributed by atoms with van der Waals surface area (Å²) in [6.07, 6.45) is 1.87. The summed E-state index contributed by atoms with van der Waals surface area (Å²) in [7, 11) is -1.83. The fraction of sp³-hybridized carbons (Fsp3) is 0.571. The third kappa shape index (κ3) is 3.84. The van der Waals surface area contributed by atoms with E-state index in [4.69, 9.17) is 10.5 Å². The molecule has 2 rings (SSSR count). The van der Waals surface area contributed by atoms with E-state index in [2.05, 4.69) is 15.9 Å². The molecular weight excluding hydrogens is 356 g/mol. The lowest BCUT2D eigenvalue weighted by molar-refractivity contribution is 0.118. The first-order valence-corrected chi connectivity index (χ1v) is 9.20. The molecule has 0 amide bonds. The largest absolute Gasteiger partial charge is 0.384 e. The topological polar surface area (TPSA) is 72.6 Å². The van der Waals surface area contributed by atoms with Gasteiger partial charge in [-0.2, -0.15) is 4.31 Å². The van der Waals surface area contributed by atoms with Crippen LogP contribution >= 0.6 is 15.9 Å². The number of nitrogens with two attached hydrogens (primary N) is 1. The van der Waals surface area contributed by atoms with E-state index in [-0.39, 0.29) is 5.92 Å². The Morgan fingerprint density at radius 3 is 2.86 bits per heavy atom. The number of piperidine rings is 1. The Morgan fingerprint density at radius 1 is 1.48 bits per heavy atom. The summed E-state index contributed by atoms with van der Waals surface area (Å²) in [6.45, 7) is 2.06. The predicted octanol–water partition coefficient (Wildman–Crippen LogP) is 1.95. The van der Waals surface area contributed by atoms with Crippen molar-refractivity contribution in [3.8, 4) is 0 Å². The number of hydrogen-bond donors (Lipinski definition) is 1. The zero-order valence-corrected chi connectivity index (χ0v) is 14.5. The minimum atomic E-state index is -3.48. The minimum absolute atomic E-state index is 0.264. The van der Waals surface area contributed by atoms with Gasteiger partial charge >= 0.3 is 0 Å². The molecule has 0 spiro atoms. The third-order valence-corrected chi connectivity index (χ3v) is 6.58. The van der Waals surface area contributed by atoms with Crippen LogP contribution in [0.5, 0.6) is 0 Å². The molecule has 0 bridgehead atoms. The lowest BCUT2D eigenvalue weighted by Gasteiger charge is -2.31. The van der Waals surface area contributed by atoms with Crippen LogP contribution in [0.2, 0.25) is 0 Å². The molecule has 1 atom stereocenters. The maximum atomic E-state index is 12.8. The number of nitrogens with zero attached hydrogens (tertiary/aromatic N) is 1. The van der Waals surface area contributed by atoms with Gasteiger partial charge in [0, 0.05) is 31.2 Å². The second-order valence-corrected chi connectivity index (χ2v) is 8.06. The van der Waals surface area contributed by atoms with Crippen molar-refractivity contribution >= 4 is 26.0 Å². The molecule has 1 aliphatic rings. The summed E-state index contributed by atoms with van der Waals surface area (Å²) in [6, 6.07) is 5.15. The SMILES string of the molecule is COCC1CCCN(S(=O)(=O)c2ccc(CN)cc2Br)C1. The zero-order valence-electron chi connectivity index (χ0n) is 12.1. The molecule has 1 aliphatic heterocycles. The van der Waals surface area contributed by atoms with Gasteiger partial charge in [0.25, 0.3) is 0 Å². The standard InChI is InChI=1S/C14H21BrN2O3S/c1-20-10-12-3-2-6-17(9-12)21(18,19)14-5-4-11(8-16)7-13(14)15/h4-5,7,12H,2-3,6,8-10,16H2,1H3. The van der Waals surface area contributed by atoms with E-state index in [0.29, 0.717) is 35.6 Å². The molecule has 0 radical (unpaired) electrons. The van der Waals surface area contributed by atoms with Crippen molar-refractivity contribution in [1.82, 2.24) is 4.31 Å². The Kier molecular flexibility index (Phi) is 5.79. The molecule has 1 aromatic rings. The lowest BCUT2D eigenvalue weighted by atomic mass is 10.0. The number of rotatable bonds is 5. The van der Waals surface area contributed by atoms with Crippen molar-refractivity contribution in [2.24, 2.45) is 11.7 Å². The van der Waals surface area contributed by atoms with Crippen molar-refractivity contribution in [2.45, 2.75) is 24.3 Å². The first-order valence-electron chi connectivity index (χ1n) is 6.96. The quantitative estimate of drug-likeness (QED) is 0.852. The third-order valence-electron chi connectivity index (χ3n) is 3.73. The van der Waals surface area contributed by atoms with Crippen LogP contribution in [0.1, 0.15) is 18.4 Å². The number of hydrogen-bond acceptors (Lipinski definition) is 4. The zero-order chi connectivity index (χ0) is 15.5. The van der Waals surface area contributed by atoms with Gasteiger partial charge in [0.05, 0.1) is 11.5 Å². The molecule has 1 saturated heterocycles. The molecule has 5 nitrogen and oxygen atoms in total. The van der Waals surface area contributed by atoms with E-state index in [1.807, 2.05) is 0 Å². The van der Waals surface area contributed by atoms with Gasteiger partial charge in [-0.3, -0.25) is 0 Å². The molecular formula is C14H21BrN2O3S. The van der Waals surface area contributed by atoms with Crippen LogP contribution in [0.15, 0.2) is 27.6 Å². The summed E-state index contributed by atoms with van der Waals surface area (Å²) in [4.78, 5) is 0.303. The molecule has 1 fully saturated rings. The Hall–Kier alpha value is -0.470. The molecule has 118 valence electrons. The monoisotopic (exact) mass is 376 g/mol. The van der Waals surface area contributed by atoms with Crippen LogP contribution in [0, 0.1) is 5.92 Å². The van der Waals surface area contributed by atoms with Crippen molar-refractivity contribution in [2.75, 3.05) is 26.8 Å². The van der Waals surface area contributed by atoms with E-state index in [1.54, 1.807) is 29.6 Å². The van der Waals surface area contributed by atoms with E-state index in [1.165, 1.54) is 0 Å². The van der Waals surface area contributed by atoms with Gasteiger partial charge in [0.2, 0.25) is 10.0 Å². The van der Waals surface area contributed by atoms with E-state index < -0.39 is 10.0 Å². The Balaban J connectivity index is 2.25. The fourth-order valence-electron chi connectivity index (χ4n) is 2.64. The van der Waals surface area contributed by atoms with Gasteiger partial charge in [-0.15, -0.1) is 0 Å². The highest BCUT2D eigenvalue weighted by Crippen LogP contribution is 2.29. The molecule has 21 heavy (non-hydrogen) atoms. The van der Waals surface area contributed by atoms with Crippen molar-refractivity contribution in [3.63, 3.8) is 0 Å². The van der Waals surface area contributed by atoms with E-state index in [0.717, 1.165) is 18.4 Å². The van der Waals surface area contributed by atoms with Crippen LogP contribution in [0.25, 0.3) is 0 Å². The summed E-state index contributed by atoms with van der Waals surface area (Å²) in [5.74, 6) is 0.264. The van der Waals surface area contributed by atoms with Crippen LogP contribution in [0.4, 0.5) is 0 Å². The highest BCUT2D eigenvalue weighted by Gasteiger charge is 2.31. The van der Waals surface area contributed by atoms with Gasteiger partial charge < -0.3 is 10.5 Å². The number of halogens is 1. The molecule has 1 unspecified atom stereocenters. The maximum Gasteiger partial charge on any atom is 0.244 e. The van der Waals surface area contributed by atoms with Crippen molar-refractivity contribution < 1.29 is 13.2 Å². The molecule has 7 heteroatoms.